The zero-order chi connectivity index (χ0) is 23.5. The summed E-state index contributed by atoms with van der Waals surface area (Å²) in [4.78, 5) is 12.8. The molecule has 4 nitrogen and oxygen atoms in total. The number of anilines is 1. The Morgan fingerprint density at radius 3 is 2.50 bits per heavy atom. The van der Waals surface area contributed by atoms with Gasteiger partial charge in [0.15, 0.2) is 0 Å². The lowest BCUT2D eigenvalue weighted by Gasteiger charge is -2.09. The van der Waals surface area contributed by atoms with Gasteiger partial charge in [-0.15, -0.1) is 0 Å². The number of aromatic nitrogens is 1. The molecule has 1 N–H and O–H groups in total. The average molecular weight is 442 g/mol. The maximum Gasteiger partial charge on any atom is 0.266 e. The van der Waals surface area contributed by atoms with Crippen LogP contribution in [0.1, 0.15) is 16.7 Å². The van der Waals surface area contributed by atoms with Crippen LogP contribution in [0.4, 0.5) is 5.69 Å². The fourth-order valence-corrected chi connectivity index (χ4v) is 4.36. The van der Waals surface area contributed by atoms with Gasteiger partial charge in [-0.1, -0.05) is 72.8 Å². The van der Waals surface area contributed by atoms with Crippen molar-refractivity contribution < 1.29 is 4.79 Å². The van der Waals surface area contributed by atoms with Crippen LogP contribution < -0.4 is 5.32 Å². The molecule has 1 heterocycles. The molecule has 34 heavy (non-hydrogen) atoms. The van der Waals surface area contributed by atoms with Crippen LogP contribution in [0.3, 0.4) is 0 Å². The minimum absolute atomic E-state index is 0.0644. The van der Waals surface area contributed by atoms with E-state index in [0.717, 1.165) is 22.0 Å². The van der Waals surface area contributed by atoms with Crippen molar-refractivity contribution in [1.29, 1.82) is 5.26 Å². The number of carbonyl (C=O) groups excluding carboxylic acids is 1. The van der Waals surface area contributed by atoms with Gasteiger partial charge in [0.25, 0.3) is 5.91 Å². The van der Waals surface area contributed by atoms with Gasteiger partial charge in [0.2, 0.25) is 0 Å². The Kier molecular flexibility index (Phi) is 5.68. The van der Waals surface area contributed by atoms with Crippen molar-refractivity contribution in [2.24, 2.45) is 0 Å². The molecule has 0 aliphatic heterocycles. The lowest BCUT2D eigenvalue weighted by atomic mass is 10.0. The summed E-state index contributed by atoms with van der Waals surface area (Å²) < 4.78 is 2.18. The molecule has 0 unspecified atom stereocenters. The molecule has 0 bridgehead atoms. The van der Waals surface area contributed by atoms with Crippen molar-refractivity contribution in [3.05, 3.63) is 119 Å². The Bertz CT molecular complexity index is 1600. The second-order valence-corrected chi connectivity index (χ2v) is 8.36. The molecule has 5 aromatic rings. The Hall–Kier alpha value is -4.62. The number of amides is 1. The van der Waals surface area contributed by atoms with Crippen molar-refractivity contribution in [3.8, 4) is 6.07 Å². The highest BCUT2D eigenvalue weighted by Crippen LogP contribution is 2.27. The minimum atomic E-state index is -0.418. The molecule has 0 fully saturated rings. The van der Waals surface area contributed by atoms with E-state index in [1.807, 2.05) is 61.7 Å². The van der Waals surface area contributed by atoms with Crippen molar-refractivity contribution >= 4 is 39.3 Å². The van der Waals surface area contributed by atoms with Gasteiger partial charge in [0.1, 0.15) is 11.6 Å². The molecule has 4 heteroatoms. The molecule has 0 aliphatic carbocycles. The van der Waals surface area contributed by atoms with Crippen LogP contribution in [-0.4, -0.2) is 10.5 Å². The highest BCUT2D eigenvalue weighted by molar-refractivity contribution is 6.10. The monoisotopic (exact) mass is 441 g/mol. The van der Waals surface area contributed by atoms with Gasteiger partial charge in [-0.25, -0.2) is 0 Å². The van der Waals surface area contributed by atoms with Gasteiger partial charge in [-0.2, -0.15) is 5.26 Å². The van der Waals surface area contributed by atoms with E-state index in [2.05, 4.69) is 58.4 Å². The predicted molar refractivity (Wildman–Crippen MR) is 138 cm³/mol. The second kappa shape index (κ2) is 9.09. The Labute approximate surface area is 198 Å². The number of para-hydroxylation sites is 1. The van der Waals surface area contributed by atoms with Crippen molar-refractivity contribution in [2.45, 2.75) is 13.5 Å². The van der Waals surface area contributed by atoms with Gasteiger partial charge >= 0.3 is 0 Å². The van der Waals surface area contributed by atoms with Crippen LogP contribution >= 0.6 is 0 Å². The molecule has 4 aromatic carbocycles. The van der Waals surface area contributed by atoms with E-state index in [4.69, 9.17) is 0 Å². The van der Waals surface area contributed by atoms with Crippen LogP contribution in [0.25, 0.3) is 27.8 Å². The SMILES string of the molecule is Cc1cccc(NC(=O)/C(C#N)=C\c2cn(Cc3cccc4ccccc34)c3ccccc23)c1. The normalized spacial score (nSPS) is 11.5. The van der Waals surface area contributed by atoms with Crippen molar-refractivity contribution in [2.75, 3.05) is 5.32 Å². The van der Waals surface area contributed by atoms with Crippen molar-refractivity contribution in [3.63, 3.8) is 0 Å². The molecular weight excluding hydrogens is 418 g/mol. The summed E-state index contributed by atoms with van der Waals surface area (Å²) >= 11 is 0. The first kappa shape index (κ1) is 21.2. The molecule has 0 saturated carbocycles. The Morgan fingerprint density at radius 2 is 1.68 bits per heavy atom. The van der Waals surface area contributed by atoms with Crippen LogP contribution in [0, 0.1) is 18.3 Å². The third-order valence-corrected chi connectivity index (χ3v) is 5.98. The molecule has 0 saturated heterocycles. The molecule has 0 spiro atoms. The van der Waals surface area contributed by atoms with Crippen LogP contribution in [0.15, 0.2) is 103 Å². The van der Waals surface area contributed by atoms with Crippen LogP contribution in [-0.2, 0) is 11.3 Å². The third-order valence-electron chi connectivity index (χ3n) is 5.98. The first-order valence-electron chi connectivity index (χ1n) is 11.2. The number of rotatable bonds is 5. The molecule has 0 aliphatic rings. The van der Waals surface area contributed by atoms with Crippen LogP contribution in [0.2, 0.25) is 0 Å². The zero-order valence-corrected chi connectivity index (χ0v) is 18.8. The van der Waals surface area contributed by atoms with E-state index in [1.165, 1.54) is 16.3 Å². The number of nitriles is 1. The zero-order valence-electron chi connectivity index (χ0n) is 18.8. The quantitative estimate of drug-likeness (QED) is 0.244. The number of aryl methyl sites for hydroxylation is 1. The van der Waals surface area contributed by atoms with Gasteiger partial charge in [-0.3, -0.25) is 4.79 Å². The molecule has 164 valence electrons. The maximum atomic E-state index is 12.8. The molecule has 1 aromatic heterocycles. The van der Waals surface area contributed by atoms with E-state index in [-0.39, 0.29) is 5.57 Å². The number of nitrogens with one attached hydrogen (secondary N) is 1. The molecule has 0 atom stereocenters. The lowest BCUT2D eigenvalue weighted by Crippen LogP contribution is -2.13. The number of nitrogens with zero attached hydrogens (tertiary/aromatic N) is 2. The van der Waals surface area contributed by atoms with E-state index < -0.39 is 5.91 Å². The summed E-state index contributed by atoms with van der Waals surface area (Å²) in [6.07, 6.45) is 3.69. The van der Waals surface area contributed by atoms with E-state index in [0.29, 0.717) is 12.2 Å². The summed E-state index contributed by atoms with van der Waals surface area (Å²) in [7, 11) is 0. The topological polar surface area (TPSA) is 57.8 Å². The predicted octanol–water partition coefficient (Wildman–Crippen LogP) is 6.70. The van der Waals surface area contributed by atoms with Gasteiger partial charge < -0.3 is 9.88 Å². The number of benzene rings is 4. The summed E-state index contributed by atoms with van der Waals surface area (Å²) in [6, 6.07) is 32.4. The second-order valence-electron chi connectivity index (χ2n) is 8.36. The van der Waals surface area contributed by atoms with E-state index in [9.17, 15) is 10.1 Å². The number of fused-ring (bicyclic) bond motifs is 2. The smallest absolute Gasteiger partial charge is 0.266 e. The fourth-order valence-electron chi connectivity index (χ4n) is 4.36. The van der Waals surface area contributed by atoms with Gasteiger partial charge in [0.05, 0.1) is 0 Å². The lowest BCUT2D eigenvalue weighted by molar-refractivity contribution is -0.112. The third kappa shape index (κ3) is 4.20. The van der Waals surface area contributed by atoms with Gasteiger partial charge in [0, 0.05) is 34.9 Å². The van der Waals surface area contributed by atoms with Crippen molar-refractivity contribution in [1.82, 2.24) is 4.57 Å². The highest BCUT2D eigenvalue weighted by Gasteiger charge is 2.13. The average Bonchev–Trinajstić information content (AvgIpc) is 3.20. The molecule has 1 amide bonds. The summed E-state index contributed by atoms with van der Waals surface area (Å²) in [6.45, 7) is 2.65. The van der Waals surface area contributed by atoms with Crippen LogP contribution in [0.5, 0.6) is 0 Å². The van der Waals surface area contributed by atoms with E-state index >= 15 is 0 Å². The minimum Gasteiger partial charge on any atom is -0.342 e. The first-order valence-corrected chi connectivity index (χ1v) is 11.2. The molecule has 0 radical (unpaired) electrons. The van der Waals surface area contributed by atoms with Gasteiger partial charge in [-0.05, 0) is 53.1 Å². The number of hydrogen-bond donors (Lipinski definition) is 1. The summed E-state index contributed by atoms with van der Waals surface area (Å²) in [5, 5.41) is 16.0. The van der Waals surface area contributed by atoms with E-state index in [1.54, 1.807) is 6.08 Å². The Balaban J connectivity index is 1.52. The Morgan fingerprint density at radius 1 is 0.941 bits per heavy atom. The number of hydrogen-bond acceptors (Lipinski definition) is 2. The maximum absolute atomic E-state index is 12.8. The standard InChI is InChI=1S/C30H23N3O/c1-21-8-6-12-26(16-21)32-30(34)24(18-31)17-25-20-33(29-15-5-4-14-28(25)29)19-23-11-7-10-22-9-2-3-13-27(22)23/h2-17,20H,19H2,1H3,(H,32,34)/b24-17-. The molecule has 5 rings (SSSR count). The number of carbonyl (C=O) groups is 1. The first-order chi connectivity index (χ1) is 16.6. The highest BCUT2D eigenvalue weighted by atomic mass is 16.1. The fraction of sp³-hybridized carbons (Fsp3) is 0.0667. The summed E-state index contributed by atoms with van der Waals surface area (Å²) in [5.74, 6) is -0.418. The summed E-state index contributed by atoms with van der Waals surface area (Å²) in [5.41, 5.74) is 4.88. The largest absolute Gasteiger partial charge is 0.342 e. The molecular formula is C30H23N3O.